The number of carbonyl (C=O) groups is 7. The SMILES string of the molecule is C.C.CC#Cc1ncc2c(n1)c(=O)c(C(=O)NCc1ccc(C)cc1)cn2C.CCCc1ncc2c(n1)c(=O)c(C(=O)NCc1ccc(C)cc1)cn2C.CCOC(=O)C(=CNc1cnc(Br)nc1)C(=O)OCC.Cc1ccc(CNC(=O)C2=CCc3cnc(Br)nc3C2=O)cc1.Nc1cnc(Br)nc1.O=C(O)c1c[nH]c2cnc(Br)nc2c1=O.[Y]. The summed E-state index contributed by atoms with van der Waals surface area (Å²) in [5.41, 5.74) is 14.1. The third-order valence-electron chi connectivity index (χ3n) is 16.4. The van der Waals surface area contributed by atoms with Gasteiger partial charge in [-0.05, 0) is 141 Å². The molecule has 33 nitrogen and oxygen atoms in total. The van der Waals surface area contributed by atoms with Crippen LogP contribution in [0.1, 0.15) is 141 Å². The second-order valence-electron chi connectivity index (χ2n) is 25.1. The average Bonchev–Trinajstić information content (AvgIpc) is 0.788. The molecule has 0 saturated carbocycles. The smallest absolute Gasteiger partial charge is 0.347 e. The van der Waals surface area contributed by atoms with Gasteiger partial charge in [-0.2, -0.15) is 0 Å². The average molecular weight is 1980 g/mol. The Bertz CT molecular complexity index is 5990. The number of carboxylic acids is 1. The van der Waals surface area contributed by atoms with Crippen LogP contribution >= 0.6 is 63.7 Å². The van der Waals surface area contributed by atoms with Gasteiger partial charge in [0.05, 0.1) is 90.1 Å². The first-order valence-corrected chi connectivity index (χ1v) is 38.9. The number of carbonyl (C=O) groups excluding carboxylic acids is 6. The van der Waals surface area contributed by atoms with Crippen molar-refractivity contribution in [2.75, 3.05) is 24.3 Å². The van der Waals surface area contributed by atoms with Crippen LogP contribution in [0, 0.1) is 32.6 Å². The normalized spacial score (nSPS) is 10.6. The Labute approximate surface area is 753 Å². The van der Waals surface area contributed by atoms with Crippen LogP contribution in [0.4, 0.5) is 11.4 Å². The number of aromatic nitrogens is 15. The first-order valence-electron chi connectivity index (χ1n) is 35.7. The van der Waals surface area contributed by atoms with Gasteiger partial charge in [0.1, 0.15) is 44.8 Å². The van der Waals surface area contributed by atoms with E-state index in [2.05, 4.69) is 162 Å². The maximum atomic E-state index is 12.8. The van der Waals surface area contributed by atoms with E-state index in [0.717, 1.165) is 51.6 Å². The number of benzene rings is 3. The number of rotatable bonds is 18. The van der Waals surface area contributed by atoms with Gasteiger partial charge in [-0.1, -0.05) is 123 Å². The number of amides is 3. The van der Waals surface area contributed by atoms with Gasteiger partial charge < -0.3 is 55.7 Å². The summed E-state index contributed by atoms with van der Waals surface area (Å²) in [5, 5.41) is 19.8. The summed E-state index contributed by atoms with van der Waals surface area (Å²) in [4.78, 5) is 172. The molecule has 0 saturated heterocycles. The molecule has 0 spiro atoms. The Kier molecular flexibility index (Phi) is 40.2. The van der Waals surface area contributed by atoms with E-state index in [1.54, 1.807) is 62.5 Å². The number of hydrogen-bond acceptors (Lipinski definition) is 26. The van der Waals surface area contributed by atoms with E-state index in [0.29, 0.717) is 80.4 Å². The molecule has 9 heterocycles. The topological polar surface area (TPSA) is 464 Å². The van der Waals surface area contributed by atoms with E-state index < -0.39 is 40.6 Å². The zero-order valence-corrected chi connectivity index (χ0v) is 74.5. The van der Waals surface area contributed by atoms with Gasteiger partial charge in [-0.25, -0.2) is 74.2 Å². The van der Waals surface area contributed by atoms with Gasteiger partial charge in [-0.3, -0.25) is 33.6 Å². The molecule has 1 radical (unpaired) electrons. The number of hydrogen-bond donors (Lipinski definition) is 7. The molecule has 0 bridgehead atoms. The Morgan fingerprint density at radius 2 is 1.01 bits per heavy atom. The van der Waals surface area contributed by atoms with Crippen molar-refractivity contribution in [1.29, 1.82) is 0 Å². The third kappa shape index (κ3) is 29.1. The van der Waals surface area contributed by atoms with E-state index in [1.807, 2.05) is 100 Å². The summed E-state index contributed by atoms with van der Waals surface area (Å²) in [5.74, 6) is 1.93. The zero-order valence-electron chi connectivity index (χ0n) is 65.4. The number of Topliss-reactive ketones (excluding diaryl/α,β-unsaturated/α-hetero) is 1. The first-order chi connectivity index (χ1) is 56.5. The molecule has 9 aromatic heterocycles. The molecule has 1 aliphatic rings. The minimum absolute atomic E-state index is 0. The molecule has 8 N–H and O–H groups in total. The van der Waals surface area contributed by atoms with Gasteiger partial charge in [0.2, 0.25) is 27.9 Å². The van der Waals surface area contributed by atoms with E-state index in [-0.39, 0.29) is 139 Å². The standard InChI is InChI=1S/C20H22N4O2.C20H18N4O2.C17H14BrN3O2.C12H14BrN3O4.C8H4BrN3O3.C4H4BrN3.2CH4.Y/c2*1-4-5-17-21-11-16-18(23-17)19(25)15(12-24(16)3)20(26)22-10-14-8-6-13(2)7-9-14;1-10-2-4-11(5-3-10)8-19-16(23)13-7-6-12-9-20-17(18)21-14(12)15(13)22;1-3-19-10(17)9(11(18)20-4-2)7-14-8-5-15-12(13)16-6-8;9-8-11-2-4-5(12-8)6(13)3(1-10-4)7(14)15;5-4-7-1-3(6)2-8-4;;;/h6-9,11-12H,4-5,10H2,1-3H3,(H,22,26);6-9,11-12H,10H2,1-3H3,(H,22,26);2-5,7,9H,6,8H2,1H3,(H,19,23);5-7,14H,3-4H2,1-2H3;1-2H,(H,10,13)(H,14,15);1-2H,6H2;2*1H4;. The van der Waals surface area contributed by atoms with E-state index in [9.17, 15) is 47.9 Å². The first kappa shape index (κ1) is 99.5. The summed E-state index contributed by atoms with van der Waals surface area (Å²) in [6.45, 7) is 14.4. The van der Waals surface area contributed by atoms with Gasteiger partial charge >= 0.3 is 17.9 Å². The molecule has 3 aromatic carbocycles. The van der Waals surface area contributed by atoms with Crippen molar-refractivity contribution in [3.63, 3.8) is 0 Å². The summed E-state index contributed by atoms with van der Waals surface area (Å²) in [7, 11) is 3.52. The number of nitrogen functional groups attached to an aromatic ring is 1. The van der Waals surface area contributed by atoms with Crippen molar-refractivity contribution >= 4 is 150 Å². The maximum Gasteiger partial charge on any atom is 0.347 e. The van der Waals surface area contributed by atoms with Crippen molar-refractivity contribution in [2.45, 2.75) is 102 Å². The number of halogens is 4. The van der Waals surface area contributed by atoms with Crippen LogP contribution < -0.4 is 43.3 Å². The van der Waals surface area contributed by atoms with Crippen LogP contribution in [0.2, 0.25) is 0 Å². The second kappa shape index (κ2) is 48.9. The van der Waals surface area contributed by atoms with Crippen molar-refractivity contribution in [2.24, 2.45) is 14.1 Å². The van der Waals surface area contributed by atoms with Crippen LogP contribution in [-0.4, -0.2) is 134 Å². The number of anilines is 2. The Balaban J connectivity index is 0.000000263. The van der Waals surface area contributed by atoms with Crippen molar-refractivity contribution in [3.8, 4) is 11.8 Å². The number of ether oxygens (including phenoxy) is 2. The molecule has 1 aliphatic carbocycles. The van der Waals surface area contributed by atoms with E-state index in [1.165, 1.54) is 55.8 Å². The number of nitrogens with one attached hydrogen (secondary N) is 5. The predicted octanol–water partition coefficient (Wildman–Crippen LogP) is 11.5. The number of nitrogens with two attached hydrogens (primary N) is 1. The fourth-order valence-corrected chi connectivity index (χ4v) is 11.3. The van der Waals surface area contributed by atoms with Crippen LogP contribution in [0.15, 0.2) is 198 Å². The van der Waals surface area contributed by atoms with Crippen molar-refractivity contribution in [1.82, 2.24) is 89.9 Å². The Morgan fingerprint density at radius 3 is 1.48 bits per heavy atom. The van der Waals surface area contributed by atoms with Gasteiger partial charge in [-0.15, -0.1) is 0 Å². The van der Waals surface area contributed by atoms with Crippen LogP contribution in [-0.2, 0) is 103 Å². The third-order valence-corrected chi connectivity index (χ3v) is 17.9. The van der Waals surface area contributed by atoms with Crippen LogP contribution in [0.5, 0.6) is 0 Å². The Morgan fingerprint density at radius 1 is 0.562 bits per heavy atom. The predicted molar refractivity (Wildman–Crippen MR) is 467 cm³/mol. The number of ketones is 1. The number of allylic oxidation sites excluding steroid dienone is 1. The summed E-state index contributed by atoms with van der Waals surface area (Å²) in [6, 6.07) is 23.6. The summed E-state index contributed by atoms with van der Waals surface area (Å²) < 4.78 is 14.5. The molecule has 38 heteroatoms. The molecule has 0 fully saturated rings. The van der Waals surface area contributed by atoms with Crippen molar-refractivity contribution < 1.29 is 80.9 Å². The summed E-state index contributed by atoms with van der Waals surface area (Å²) >= 11 is 12.3. The van der Waals surface area contributed by atoms with Gasteiger partial charge in [0, 0.05) is 109 Å². The van der Waals surface area contributed by atoms with Gasteiger partial charge in [0.25, 0.3) is 17.7 Å². The molecule has 121 heavy (non-hydrogen) atoms. The maximum absolute atomic E-state index is 12.8. The van der Waals surface area contributed by atoms with E-state index >= 15 is 0 Å². The molecule has 13 rings (SSSR count). The fourth-order valence-electron chi connectivity index (χ4n) is 10.3. The number of aryl methyl sites for hydroxylation is 6. The number of aromatic carboxylic acids is 1. The number of fused-ring (bicyclic) bond motifs is 4. The van der Waals surface area contributed by atoms with Crippen LogP contribution in [0.3, 0.4) is 0 Å². The molecule has 12 aromatic rings. The zero-order chi connectivity index (χ0) is 85.7. The number of nitrogens with zero attached hydrogens (tertiary/aromatic N) is 14. The number of carboxylic acid groups (broad SMARTS) is 1. The van der Waals surface area contributed by atoms with Crippen molar-refractivity contribution in [3.05, 3.63) is 287 Å². The number of H-pyrrole nitrogens is 1. The van der Waals surface area contributed by atoms with Crippen LogP contribution in [0.25, 0.3) is 33.1 Å². The number of aromatic amines is 1. The molecule has 0 atom stereocenters. The molecule has 625 valence electrons. The monoisotopic (exact) mass is 1970 g/mol. The van der Waals surface area contributed by atoms with Gasteiger partial charge in [0.15, 0.2) is 24.5 Å². The number of pyridine rings is 3. The van der Waals surface area contributed by atoms with E-state index in [4.69, 9.17) is 20.3 Å². The fraction of sp³-hybridized carbons (Fsp3) is 0.229. The molecular formula is C83H84Br4N20O13Y. The molecule has 0 aliphatic heterocycles. The molecular weight excluding hydrogens is 1890 g/mol. The molecule has 0 unspecified atom stereocenters. The largest absolute Gasteiger partial charge is 0.477 e. The number of esters is 2. The minimum Gasteiger partial charge on any atom is -0.477 e. The molecule has 3 amide bonds. The minimum atomic E-state index is -1.28. The quantitative estimate of drug-likeness (QED) is 0.0105. The summed E-state index contributed by atoms with van der Waals surface area (Å²) in [6.07, 6.45) is 21.3. The second-order valence-corrected chi connectivity index (χ2v) is 28.0. The Hall–Kier alpha value is -12.1.